The summed E-state index contributed by atoms with van der Waals surface area (Å²) in [6.07, 6.45) is 0.955. The topological polar surface area (TPSA) is 29.5 Å². The van der Waals surface area contributed by atoms with Crippen molar-refractivity contribution in [3.8, 4) is 5.75 Å². The van der Waals surface area contributed by atoms with Gasteiger partial charge in [0.25, 0.3) is 0 Å². The average molecular weight is 284 g/mol. The summed E-state index contributed by atoms with van der Waals surface area (Å²) in [6.45, 7) is 6.75. The van der Waals surface area contributed by atoms with Crippen LogP contribution in [0, 0.1) is 20.8 Å². The molecule has 21 heavy (non-hydrogen) atoms. The second kappa shape index (κ2) is 7.28. The van der Waals surface area contributed by atoms with Crippen LogP contribution in [0.1, 0.15) is 28.7 Å². The van der Waals surface area contributed by atoms with E-state index >= 15 is 0 Å². The third-order valence-corrected chi connectivity index (χ3v) is 3.46. The first-order chi connectivity index (χ1) is 10.0. The van der Waals surface area contributed by atoms with E-state index in [-0.39, 0.29) is 6.10 Å². The van der Waals surface area contributed by atoms with Crippen LogP contribution >= 0.6 is 0 Å². The Balaban J connectivity index is 1.80. The zero-order chi connectivity index (χ0) is 15.2. The molecule has 1 atom stereocenters. The highest BCUT2D eigenvalue weighted by Crippen LogP contribution is 2.15. The molecule has 0 aliphatic carbocycles. The molecule has 0 aliphatic heterocycles. The maximum atomic E-state index is 10.1. The van der Waals surface area contributed by atoms with E-state index < -0.39 is 0 Å². The second-order valence-corrected chi connectivity index (χ2v) is 5.81. The molecule has 0 saturated heterocycles. The minimum atomic E-state index is -0.365. The van der Waals surface area contributed by atoms with Gasteiger partial charge in [0, 0.05) is 6.42 Å². The highest BCUT2D eigenvalue weighted by atomic mass is 16.5. The van der Waals surface area contributed by atoms with Gasteiger partial charge in [0.1, 0.15) is 5.75 Å². The van der Waals surface area contributed by atoms with Gasteiger partial charge >= 0.3 is 0 Å². The number of hydrogen-bond acceptors (Lipinski definition) is 2. The van der Waals surface area contributed by atoms with E-state index in [1.165, 1.54) is 22.3 Å². The van der Waals surface area contributed by atoms with Gasteiger partial charge < -0.3 is 9.84 Å². The van der Waals surface area contributed by atoms with Gasteiger partial charge in [0.2, 0.25) is 0 Å². The van der Waals surface area contributed by atoms with Gasteiger partial charge in [-0.25, -0.2) is 0 Å². The van der Waals surface area contributed by atoms with Gasteiger partial charge in [-0.15, -0.1) is 0 Å². The summed E-state index contributed by atoms with van der Waals surface area (Å²) < 4.78 is 5.68. The molecule has 112 valence electrons. The van der Waals surface area contributed by atoms with Crippen LogP contribution in [0.3, 0.4) is 0 Å². The third-order valence-electron chi connectivity index (χ3n) is 3.46. The summed E-state index contributed by atoms with van der Waals surface area (Å²) in [7, 11) is 0. The quantitative estimate of drug-likeness (QED) is 0.869. The Labute approximate surface area is 127 Å². The van der Waals surface area contributed by atoms with Crippen molar-refractivity contribution in [1.29, 1.82) is 0 Å². The minimum Gasteiger partial charge on any atom is -0.493 e. The Morgan fingerprint density at radius 1 is 0.952 bits per heavy atom. The zero-order valence-electron chi connectivity index (χ0n) is 13.1. The highest BCUT2D eigenvalue weighted by molar-refractivity contribution is 5.29. The van der Waals surface area contributed by atoms with Crippen LogP contribution in [-0.2, 0) is 6.42 Å². The van der Waals surface area contributed by atoms with Gasteiger partial charge in [0.05, 0.1) is 12.7 Å². The Hall–Kier alpha value is -1.80. The maximum Gasteiger partial charge on any atom is 0.119 e. The standard InChI is InChI=1S/C19H24O2/c1-14-5-4-6-19(12-14)21-8-7-18(20)13-17-10-15(2)9-16(3)11-17/h4-6,9-12,18,20H,7-8,13H2,1-3H3. The van der Waals surface area contributed by atoms with Crippen LogP contribution in [0.4, 0.5) is 0 Å². The van der Waals surface area contributed by atoms with E-state index in [4.69, 9.17) is 4.74 Å². The Morgan fingerprint density at radius 3 is 2.33 bits per heavy atom. The number of benzene rings is 2. The molecule has 0 aromatic heterocycles. The SMILES string of the molecule is Cc1cc(C)cc(CC(O)CCOc2cccc(C)c2)c1. The van der Waals surface area contributed by atoms with Crippen molar-refractivity contribution in [2.24, 2.45) is 0 Å². The van der Waals surface area contributed by atoms with E-state index in [2.05, 4.69) is 32.0 Å². The lowest BCUT2D eigenvalue weighted by molar-refractivity contribution is 0.139. The smallest absolute Gasteiger partial charge is 0.119 e. The lowest BCUT2D eigenvalue weighted by Crippen LogP contribution is -2.15. The Morgan fingerprint density at radius 2 is 1.67 bits per heavy atom. The van der Waals surface area contributed by atoms with Crippen LogP contribution in [0.2, 0.25) is 0 Å². The van der Waals surface area contributed by atoms with Crippen molar-refractivity contribution < 1.29 is 9.84 Å². The summed E-state index contributed by atoms with van der Waals surface area (Å²) in [5.74, 6) is 0.869. The number of rotatable bonds is 6. The number of aliphatic hydroxyl groups excluding tert-OH is 1. The number of aliphatic hydroxyl groups is 1. The first-order valence-corrected chi connectivity index (χ1v) is 7.47. The summed E-state index contributed by atoms with van der Waals surface area (Å²) in [6, 6.07) is 14.4. The molecule has 0 radical (unpaired) electrons. The normalized spacial score (nSPS) is 12.2. The minimum absolute atomic E-state index is 0.365. The predicted octanol–water partition coefficient (Wildman–Crippen LogP) is 3.98. The van der Waals surface area contributed by atoms with Gasteiger partial charge in [-0.2, -0.15) is 0 Å². The van der Waals surface area contributed by atoms with Crippen molar-refractivity contribution in [2.45, 2.75) is 39.7 Å². The van der Waals surface area contributed by atoms with Crippen LogP contribution in [0.25, 0.3) is 0 Å². The van der Waals surface area contributed by atoms with E-state index in [1.807, 2.05) is 31.2 Å². The molecular weight excluding hydrogens is 260 g/mol. The second-order valence-electron chi connectivity index (χ2n) is 5.81. The highest BCUT2D eigenvalue weighted by Gasteiger charge is 2.07. The summed E-state index contributed by atoms with van der Waals surface area (Å²) in [5, 5.41) is 10.1. The lowest BCUT2D eigenvalue weighted by atomic mass is 10.0. The largest absolute Gasteiger partial charge is 0.493 e. The molecule has 0 amide bonds. The zero-order valence-corrected chi connectivity index (χ0v) is 13.1. The van der Waals surface area contributed by atoms with Crippen molar-refractivity contribution in [1.82, 2.24) is 0 Å². The maximum absolute atomic E-state index is 10.1. The van der Waals surface area contributed by atoms with Crippen molar-refractivity contribution in [3.63, 3.8) is 0 Å². The molecule has 2 aromatic carbocycles. The summed E-state index contributed by atoms with van der Waals surface area (Å²) >= 11 is 0. The fraction of sp³-hybridized carbons (Fsp3) is 0.368. The Bertz CT molecular complexity index is 570. The molecule has 1 N–H and O–H groups in total. The molecule has 0 heterocycles. The van der Waals surface area contributed by atoms with Crippen molar-refractivity contribution in [3.05, 3.63) is 64.7 Å². The van der Waals surface area contributed by atoms with E-state index in [1.54, 1.807) is 0 Å². The number of ether oxygens (including phenoxy) is 1. The van der Waals surface area contributed by atoms with Crippen LogP contribution in [-0.4, -0.2) is 17.8 Å². The summed E-state index contributed by atoms with van der Waals surface area (Å²) in [5.41, 5.74) is 4.86. The molecule has 1 unspecified atom stereocenters. The molecule has 0 fully saturated rings. The van der Waals surface area contributed by atoms with Gasteiger partial charge in [-0.1, -0.05) is 41.5 Å². The van der Waals surface area contributed by atoms with E-state index in [9.17, 15) is 5.11 Å². The first kappa shape index (κ1) is 15.6. The number of aryl methyl sites for hydroxylation is 3. The fourth-order valence-corrected chi connectivity index (χ4v) is 2.58. The van der Waals surface area contributed by atoms with Gasteiger partial charge in [0.15, 0.2) is 0 Å². The molecule has 0 aliphatic rings. The number of hydrogen-bond donors (Lipinski definition) is 1. The van der Waals surface area contributed by atoms with Gasteiger partial charge in [-0.05, 0) is 50.5 Å². The average Bonchev–Trinajstić information content (AvgIpc) is 2.37. The molecule has 0 bridgehead atoms. The third kappa shape index (κ3) is 5.24. The predicted molar refractivity (Wildman–Crippen MR) is 86.9 cm³/mol. The lowest BCUT2D eigenvalue weighted by Gasteiger charge is -2.13. The molecule has 2 aromatic rings. The fourth-order valence-electron chi connectivity index (χ4n) is 2.58. The van der Waals surface area contributed by atoms with E-state index in [0.717, 1.165) is 5.75 Å². The molecule has 2 rings (SSSR count). The molecule has 0 spiro atoms. The summed E-state index contributed by atoms with van der Waals surface area (Å²) in [4.78, 5) is 0. The molecule has 2 heteroatoms. The first-order valence-electron chi connectivity index (χ1n) is 7.47. The molecule has 0 saturated carbocycles. The molecular formula is C19H24O2. The Kier molecular flexibility index (Phi) is 5.40. The van der Waals surface area contributed by atoms with Crippen molar-refractivity contribution in [2.75, 3.05) is 6.61 Å². The van der Waals surface area contributed by atoms with E-state index in [0.29, 0.717) is 19.4 Å². The monoisotopic (exact) mass is 284 g/mol. The van der Waals surface area contributed by atoms with Crippen LogP contribution in [0.5, 0.6) is 5.75 Å². The van der Waals surface area contributed by atoms with Crippen LogP contribution in [0.15, 0.2) is 42.5 Å². The van der Waals surface area contributed by atoms with Gasteiger partial charge in [-0.3, -0.25) is 0 Å². The molecule has 2 nitrogen and oxygen atoms in total. The van der Waals surface area contributed by atoms with Crippen LogP contribution < -0.4 is 4.74 Å². The van der Waals surface area contributed by atoms with Crippen molar-refractivity contribution >= 4 is 0 Å².